The maximum absolute atomic E-state index is 11.4. The summed E-state index contributed by atoms with van der Waals surface area (Å²) in [5.74, 6) is -0.359. The first kappa shape index (κ1) is 12.4. The largest absolute Gasteiger partial charge is 0.325 e. The molecular formula is C10H11ClN2O3. The van der Waals surface area contributed by atoms with E-state index in [2.05, 4.69) is 5.32 Å². The summed E-state index contributed by atoms with van der Waals surface area (Å²) in [7, 11) is 0. The molecule has 0 bridgehead atoms. The van der Waals surface area contributed by atoms with Crippen LogP contribution in [0.3, 0.4) is 0 Å². The summed E-state index contributed by atoms with van der Waals surface area (Å²) < 4.78 is 0. The van der Waals surface area contributed by atoms with Crippen LogP contribution < -0.4 is 5.32 Å². The van der Waals surface area contributed by atoms with Gasteiger partial charge < -0.3 is 5.32 Å². The Hall–Kier alpha value is -1.62. The van der Waals surface area contributed by atoms with Gasteiger partial charge in [0.15, 0.2) is 0 Å². The molecule has 0 aliphatic carbocycles. The van der Waals surface area contributed by atoms with Crippen LogP contribution in [0.1, 0.15) is 13.8 Å². The SMILES string of the molecule is CC(C)C(=O)Nc1ccc([N+](=O)[O-])cc1Cl. The molecule has 1 aromatic rings. The highest BCUT2D eigenvalue weighted by Gasteiger charge is 2.12. The quantitative estimate of drug-likeness (QED) is 0.654. The molecule has 0 saturated heterocycles. The first-order valence-corrected chi connectivity index (χ1v) is 5.04. The smallest absolute Gasteiger partial charge is 0.271 e. The zero-order chi connectivity index (χ0) is 12.3. The number of non-ortho nitro benzene ring substituents is 1. The van der Waals surface area contributed by atoms with Crippen LogP contribution in [0.25, 0.3) is 0 Å². The van der Waals surface area contributed by atoms with E-state index < -0.39 is 4.92 Å². The molecule has 0 spiro atoms. The molecule has 1 N–H and O–H groups in total. The molecular weight excluding hydrogens is 232 g/mol. The molecule has 0 aliphatic heterocycles. The van der Waals surface area contributed by atoms with Gasteiger partial charge in [0.2, 0.25) is 5.91 Å². The third kappa shape index (κ3) is 2.93. The van der Waals surface area contributed by atoms with Crippen molar-refractivity contribution in [3.63, 3.8) is 0 Å². The normalized spacial score (nSPS) is 10.2. The molecule has 0 unspecified atom stereocenters. The van der Waals surface area contributed by atoms with Gasteiger partial charge in [0.25, 0.3) is 5.69 Å². The van der Waals surface area contributed by atoms with E-state index >= 15 is 0 Å². The van der Waals surface area contributed by atoms with Crippen molar-refractivity contribution in [3.8, 4) is 0 Å². The van der Waals surface area contributed by atoms with Gasteiger partial charge in [-0.3, -0.25) is 14.9 Å². The fraction of sp³-hybridized carbons (Fsp3) is 0.300. The van der Waals surface area contributed by atoms with Crippen molar-refractivity contribution in [1.82, 2.24) is 0 Å². The van der Waals surface area contributed by atoms with Crippen LogP contribution >= 0.6 is 11.6 Å². The Balaban J connectivity index is 2.91. The molecule has 0 fully saturated rings. The number of anilines is 1. The number of carbonyl (C=O) groups is 1. The lowest BCUT2D eigenvalue weighted by molar-refractivity contribution is -0.384. The summed E-state index contributed by atoms with van der Waals surface area (Å²) in [5, 5.41) is 13.2. The van der Waals surface area contributed by atoms with Gasteiger partial charge in [-0.05, 0) is 6.07 Å². The Bertz CT molecular complexity index is 432. The number of hydrogen-bond donors (Lipinski definition) is 1. The third-order valence-corrected chi connectivity index (χ3v) is 2.26. The van der Waals surface area contributed by atoms with Gasteiger partial charge in [-0.15, -0.1) is 0 Å². The third-order valence-electron chi connectivity index (χ3n) is 1.95. The Morgan fingerprint density at radius 1 is 1.50 bits per heavy atom. The fourth-order valence-electron chi connectivity index (χ4n) is 0.996. The highest BCUT2D eigenvalue weighted by atomic mass is 35.5. The van der Waals surface area contributed by atoms with Crippen molar-refractivity contribution < 1.29 is 9.72 Å². The maximum Gasteiger partial charge on any atom is 0.271 e. The maximum atomic E-state index is 11.4. The van der Waals surface area contributed by atoms with Crippen LogP contribution in [0.4, 0.5) is 11.4 Å². The molecule has 6 heteroatoms. The summed E-state index contributed by atoms with van der Waals surface area (Å²) >= 11 is 5.80. The van der Waals surface area contributed by atoms with E-state index in [1.807, 2.05) is 0 Å². The molecule has 0 aliphatic rings. The minimum atomic E-state index is -0.542. The van der Waals surface area contributed by atoms with Crippen molar-refractivity contribution in [2.75, 3.05) is 5.32 Å². The molecule has 1 rings (SSSR count). The van der Waals surface area contributed by atoms with Crippen LogP contribution in [-0.4, -0.2) is 10.8 Å². The fourth-order valence-corrected chi connectivity index (χ4v) is 1.22. The number of nitro benzene ring substituents is 1. The number of amides is 1. The number of nitrogens with zero attached hydrogens (tertiary/aromatic N) is 1. The molecule has 5 nitrogen and oxygen atoms in total. The van der Waals surface area contributed by atoms with Gasteiger partial charge in [-0.1, -0.05) is 25.4 Å². The monoisotopic (exact) mass is 242 g/mol. The molecule has 16 heavy (non-hydrogen) atoms. The highest BCUT2D eigenvalue weighted by Crippen LogP contribution is 2.26. The number of nitro groups is 1. The van der Waals surface area contributed by atoms with Crippen molar-refractivity contribution in [2.24, 2.45) is 5.92 Å². The van der Waals surface area contributed by atoms with Gasteiger partial charge in [0, 0.05) is 18.1 Å². The summed E-state index contributed by atoms with van der Waals surface area (Å²) in [4.78, 5) is 21.3. The molecule has 1 aromatic carbocycles. The summed E-state index contributed by atoms with van der Waals surface area (Å²) in [6, 6.07) is 3.92. The van der Waals surface area contributed by atoms with E-state index in [1.165, 1.54) is 18.2 Å². The van der Waals surface area contributed by atoms with Crippen molar-refractivity contribution in [3.05, 3.63) is 33.3 Å². The van der Waals surface area contributed by atoms with Gasteiger partial charge in [-0.2, -0.15) is 0 Å². The topological polar surface area (TPSA) is 72.2 Å². The molecule has 0 radical (unpaired) electrons. The number of nitrogens with one attached hydrogen (secondary N) is 1. The van der Waals surface area contributed by atoms with Gasteiger partial charge in [0.05, 0.1) is 15.6 Å². The minimum absolute atomic E-state index is 0.104. The molecule has 0 saturated carbocycles. The average Bonchev–Trinajstić information content (AvgIpc) is 2.20. The van der Waals surface area contributed by atoms with Crippen molar-refractivity contribution in [1.29, 1.82) is 0 Å². The number of hydrogen-bond acceptors (Lipinski definition) is 3. The van der Waals surface area contributed by atoms with Crippen molar-refractivity contribution >= 4 is 28.9 Å². The van der Waals surface area contributed by atoms with E-state index in [1.54, 1.807) is 13.8 Å². The molecule has 0 atom stereocenters. The average molecular weight is 243 g/mol. The number of benzene rings is 1. The molecule has 0 heterocycles. The zero-order valence-corrected chi connectivity index (χ0v) is 9.62. The van der Waals surface area contributed by atoms with Crippen LogP contribution in [0.5, 0.6) is 0 Å². The standard InChI is InChI=1S/C10H11ClN2O3/c1-6(2)10(14)12-9-4-3-7(13(15)16)5-8(9)11/h3-6H,1-2H3,(H,12,14). The number of carbonyl (C=O) groups excluding carboxylic acids is 1. The number of halogens is 1. The van der Waals surface area contributed by atoms with Gasteiger partial charge in [-0.25, -0.2) is 0 Å². The second-order valence-corrected chi connectivity index (χ2v) is 3.97. The molecule has 86 valence electrons. The van der Waals surface area contributed by atoms with E-state index in [9.17, 15) is 14.9 Å². The Labute approximate surface area is 97.6 Å². The second-order valence-electron chi connectivity index (χ2n) is 3.57. The van der Waals surface area contributed by atoms with Crippen LogP contribution in [0, 0.1) is 16.0 Å². The summed E-state index contributed by atoms with van der Waals surface area (Å²) in [6.07, 6.45) is 0. The summed E-state index contributed by atoms with van der Waals surface area (Å²) in [5.41, 5.74) is 0.276. The van der Waals surface area contributed by atoms with Crippen molar-refractivity contribution in [2.45, 2.75) is 13.8 Å². The second kappa shape index (κ2) is 4.94. The lowest BCUT2D eigenvalue weighted by Gasteiger charge is -2.08. The van der Waals surface area contributed by atoms with E-state index in [0.29, 0.717) is 5.69 Å². The van der Waals surface area contributed by atoms with E-state index in [4.69, 9.17) is 11.6 Å². The Kier molecular flexibility index (Phi) is 3.84. The molecule has 0 aromatic heterocycles. The predicted octanol–water partition coefficient (Wildman–Crippen LogP) is 2.84. The summed E-state index contributed by atoms with van der Waals surface area (Å²) in [6.45, 7) is 3.49. The Morgan fingerprint density at radius 2 is 2.12 bits per heavy atom. The first-order valence-electron chi connectivity index (χ1n) is 4.66. The minimum Gasteiger partial charge on any atom is -0.325 e. The van der Waals surface area contributed by atoms with E-state index in [0.717, 1.165) is 0 Å². The molecule has 1 amide bonds. The van der Waals surface area contributed by atoms with Crippen LogP contribution in [-0.2, 0) is 4.79 Å². The zero-order valence-electron chi connectivity index (χ0n) is 8.86. The van der Waals surface area contributed by atoms with Gasteiger partial charge >= 0.3 is 0 Å². The predicted molar refractivity (Wildman–Crippen MR) is 61.6 cm³/mol. The van der Waals surface area contributed by atoms with E-state index in [-0.39, 0.29) is 22.5 Å². The highest BCUT2D eigenvalue weighted by molar-refractivity contribution is 6.33. The Morgan fingerprint density at radius 3 is 2.56 bits per heavy atom. The van der Waals surface area contributed by atoms with Crippen LogP contribution in [0.15, 0.2) is 18.2 Å². The first-order chi connectivity index (χ1) is 7.41. The lowest BCUT2D eigenvalue weighted by Crippen LogP contribution is -2.17. The van der Waals surface area contributed by atoms with Gasteiger partial charge in [0.1, 0.15) is 0 Å². The van der Waals surface area contributed by atoms with Crippen LogP contribution in [0.2, 0.25) is 5.02 Å². The number of rotatable bonds is 3. The lowest BCUT2D eigenvalue weighted by atomic mass is 10.2.